The monoisotopic (exact) mass is 509 g/mol. The molecule has 0 spiro atoms. The third-order valence-electron chi connectivity index (χ3n) is 8.58. The van der Waals surface area contributed by atoms with E-state index in [-0.39, 0.29) is 0 Å². The summed E-state index contributed by atoms with van der Waals surface area (Å²) in [6, 6.07) is 25.7. The maximum Gasteiger partial charge on any atom is 0.236 e. The van der Waals surface area contributed by atoms with Gasteiger partial charge in [-0.3, -0.25) is 14.6 Å². The second kappa shape index (κ2) is 11.7. The highest BCUT2D eigenvalue weighted by Crippen LogP contribution is 2.35. The van der Waals surface area contributed by atoms with Gasteiger partial charge in [0.05, 0.1) is 6.54 Å². The normalized spacial score (nSPS) is 19.2. The second-order valence-corrected chi connectivity index (χ2v) is 11.1. The van der Waals surface area contributed by atoms with Crippen LogP contribution >= 0.6 is 0 Å². The fourth-order valence-corrected chi connectivity index (χ4v) is 6.40. The van der Waals surface area contributed by atoms with Gasteiger partial charge in [-0.25, -0.2) is 0 Å². The zero-order valence-electron chi connectivity index (χ0n) is 22.4. The smallest absolute Gasteiger partial charge is 0.236 e. The van der Waals surface area contributed by atoms with Gasteiger partial charge < -0.3 is 9.64 Å². The van der Waals surface area contributed by atoms with Crippen LogP contribution in [-0.2, 0) is 17.8 Å². The van der Waals surface area contributed by atoms with Gasteiger partial charge in [0, 0.05) is 50.9 Å². The molecule has 0 unspecified atom stereocenters. The molecule has 3 aromatic carbocycles. The number of para-hydroxylation sites is 2. The average molecular weight is 510 g/mol. The van der Waals surface area contributed by atoms with Gasteiger partial charge in [0.15, 0.2) is 0 Å². The molecule has 5 heteroatoms. The number of carbonyl (C=O) groups excluding carboxylic acids is 1. The first-order chi connectivity index (χ1) is 18.7. The molecular weight excluding hydrogens is 470 g/mol. The number of benzene rings is 3. The fraction of sp³-hybridized carbons (Fsp3) is 0.424. The first kappa shape index (κ1) is 25.1. The Morgan fingerprint density at radius 1 is 0.789 bits per heavy atom. The average Bonchev–Trinajstić information content (AvgIpc) is 2.98. The van der Waals surface area contributed by atoms with Crippen molar-refractivity contribution in [2.24, 2.45) is 0 Å². The summed E-state index contributed by atoms with van der Waals surface area (Å²) in [5.74, 6) is 2.00. The molecule has 1 saturated heterocycles. The molecule has 3 aromatic rings. The van der Waals surface area contributed by atoms with Crippen molar-refractivity contribution in [3.05, 3.63) is 83.9 Å². The standard InChI is InChI=1S/C33H39N3O2/c37-33(36-21-19-35(20-22-36)29-9-3-1-4-10-29)25-34-18-17-26-23-27(15-16-28(26)24-34)31-13-7-8-14-32(31)38-30-11-5-2-6-12-30/h2,5-8,11-16,23,29H,1,3-4,9-10,17-22,24-25H2. The van der Waals surface area contributed by atoms with Crippen LogP contribution in [0.2, 0.25) is 0 Å². The van der Waals surface area contributed by atoms with Crippen molar-refractivity contribution in [2.45, 2.75) is 51.1 Å². The molecule has 6 rings (SSSR count). The van der Waals surface area contributed by atoms with Crippen LogP contribution in [0.25, 0.3) is 11.1 Å². The van der Waals surface area contributed by atoms with E-state index in [0.29, 0.717) is 12.5 Å². The predicted octanol–water partition coefficient (Wildman–Crippen LogP) is 5.98. The minimum Gasteiger partial charge on any atom is -0.457 e. The number of hydrogen-bond acceptors (Lipinski definition) is 4. The van der Waals surface area contributed by atoms with Crippen molar-refractivity contribution in [1.29, 1.82) is 0 Å². The molecule has 0 aromatic heterocycles. The summed E-state index contributed by atoms with van der Waals surface area (Å²) in [5.41, 5.74) is 4.98. The van der Waals surface area contributed by atoms with Gasteiger partial charge in [0.25, 0.3) is 0 Å². The Morgan fingerprint density at radius 2 is 1.55 bits per heavy atom. The number of carbonyl (C=O) groups is 1. The molecule has 38 heavy (non-hydrogen) atoms. The van der Waals surface area contributed by atoms with E-state index in [1.165, 1.54) is 48.8 Å². The van der Waals surface area contributed by atoms with Gasteiger partial charge in [-0.2, -0.15) is 0 Å². The summed E-state index contributed by atoms with van der Waals surface area (Å²) in [6.07, 6.45) is 7.78. The Labute approximate surface area is 227 Å². The van der Waals surface area contributed by atoms with Crippen molar-refractivity contribution in [3.8, 4) is 22.6 Å². The van der Waals surface area contributed by atoms with E-state index in [1.807, 2.05) is 42.5 Å². The number of ether oxygens (including phenoxy) is 1. The molecule has 2 fully saturated rings. The zero-order chi connectivity index (χ0) is 25.7. The highest BCUT2D eigenvalue weighted by molar-refractivity contribution is 5.78. The number of amides is 1. The van der Waals surface area contributed by atoms with E-state index in [2.05, 4.69) is 45.0 Å². The molecular formula is C33H39N3O2. The van der Waals surface area contributed by atoms with Crippen LogP contribution in [0.5, 0.6) is 11.5 Å². The van der Waals surface area contributed by atoms with Crippen LogP contribution < -0.4 is 4.74 Å². The molecule has 0 bridgehead atoms. The number of hydrogen-bond donors (Lipinski definition) is 0. The number of piperazine rings is 1. The minimum atomic E-state index is 0.292. The minimum absolute atomic E-state index is 0.292. The highest BCUT2D eigenvalue weighted by atomic mass is 16.5. The van der Waals surface area contributed by atoms with Crippen molar-refractivity contribution in [1.82, 2.24) is 14.7 Å². The van der Waals surface area contributed by atoms with Crippen LogP contribution in [0.4, 0.5) is 0 Å². The molecule has 3 aliphatic rings. The third kappa shape index (κ3) is 5.79. The van der Waals surface area contributed by atoms with Crippen LogP contribution in [0, 0.1) is 0 Å². The van der Waals surface area contributed by atoms with Crippen LogP contribution in [0.15, 0.2) is 72.8 Å². The van der Waals surface area contributed by atoms with E-state index >= 15 is 0 Å². The predicted molar refractivity (Wildman–Crippen MR) is 152 cm³/mol. The van der Waals surface area contributed by atoms with Crippen LogP contribution in [0.3, 0.4) is 0 Å². The molecule has 0 radical (unpaired) electrons. The lowest BCUT2D eigenvalue weighted by Gasteiger charge is -2.41. The Balaban J connectivity index is 1.06. The first-order valence-corrected chi connectivity index (χ1v) is 14.4. The topological polar surface area (TPSA) is 36.0 Å². The Hall–Kier alpha value is -3.15. The van der Waals surface area contributed by atoms with Crippen molar-refractivity contribution < 1.29 is 9.53 Å². The summed E-state index contributed by atoms with van der Waals surface area (Å²) in [6.45, 7) is 6.13. The van der Waals surface area contributed by atoms with Crippen molar-refractivity contribution >= 4 is 5.91 Å². The van der Waals surface area contributed by atoms with E-state index in [1.54, 1.807) is 0 Å². The van der Waals surface area contributed by atoms with Gasteiger partial charge in [0.1, 0.15) is 11.5 Å². The van der Waals surface area contributed by atoms with Gasteiger partial charge in [-0.05, 0) is 54.2 Å². The molecule has 0 N–H and O–H groups in total. The number of rotatable bonds is 6. The van der Waals surface area contributed by atoms with Gasteiger partial charge in [-0.15, -0.1) is 0 Å². The summed E-state index contributed by atoms with van der Waals surface area (Å²) >= 11 is 0. The third-order valence-corrected chi connectivity index (χ3v) is 8.58. The molecule has 2 aliphatic heterocycles. The lowest BCUT2D eigenvalue weighted by Crippen LogP contribution is -2.54. The molecule has 1 saturated carbocycles. The Morgan fingerprint density at radius 3 is 2.37 bits per heavy atom. The van der Waals surface area contributed by atoms with E-state index in [9.17, 15) is 4.79 Å². The highest BCUT2D eigenvalue weighted by Gasteiger charge is 2.28. The van der Waals surface area contributed by atoms with Crippen molar-refractivity contribution in [2.75, 3.05) is 39.3 Å². The summed E-state index contributed by atoms with van der Waals surface area (Å²) in [7, 11) is 0. The molecule has 198 valence electrons. The number of fused-ring (bicyclic) bond motifs is 1. The maximum atomic E-state index is 13.1. The fourth-order valence-electron chi connectivity index (χ4n) is 6.40. The largest absolute Gasteiger partial charge is 0.457 e. The first-order valence-electron chi connectivity index (χ1n) is 14.4. The lowest BCUT2D eigenvalue weighted by atomic mass is 9.93. The lowest BCUT2D eigenvalue weighted by molar-refractivity contribution is -0.134. The SMILES string of the molecule is O=C(CN1CCc2cc(-c3ccccc3Oc3ccccc3)ccc2C1)N1CCN(C2CCCCC2)CC1. The Kier molecular flexibility index (Phi) is 7.75. The van der Waals surface area contributed by atoms with Gasteiger partial charge in [0.2, 0.25) is 5.91 Å². The van der Waals surface area contributed by atoms with E-state index in [0.717, 1.165) is 68.8 Å². The van der Waals surface area contributed by atoms with Gasteiger partial charge in [-0.1, -0.05) is 73.9 Å². The quantitative estimate of drug-likeness (QED) is 0.410. The summed E-state index contributed by atoms with van der Waals surface area (Å²) in [5, 5.41) is 0. The van der Waals surface area contributed by atoms with Crippen molar-refractivity contribution in [3.63, 3.8) is 0 Å². The second-order valence-electron chi connectivity index (χ2n) is 11.1. The molecule has 0 atom stereocenters. The zero-order valence-corrected chi connectivity index (χ0v) is 22.4. The van der Waals surface area contributed by atoms with E-state index in [4.69, 9.17) is 4.74 Å². The number of nitrogens with zero attached hydrogens (tertiary/aromatic N) is 3. The molecule has 1 amide bonds. The van der Waals surface area contributed by atoms with Crippen LogP contribution in [-0.4, -0.2) is 65.9 Å². The van der Waals surface area contributed by atoms with Crippen LogP contribution in [0.1, 0.15) is 43.2 Å². The summed E-state index contributed by atoms with van der Waals surface area (Å²) in [4.78, 5) is 20.2. The Bertz CT molecular complexity index is 1230. The molecule has 1 aliphatic carbocycles. The maximum absolute atomic E-state index is 13.1. The molecule has 5 nitrogen and oxygen atoms in total. The molecule has 2 heterocycles. The summed E-state index contributed by atoms with van der Waals surface area (Å²) < 4.78 is 6.21. The van der Waals surface area contributed by atoms with E-state index < -0.39 is 0 Å². The van der Waals surface area contributed by atoms with Gasteiger partial charge >= 0.3 is 0 Å².